The van der Waals surface area contributed by atoms with Crippen molar-refractivity contribution in [1.82, 2.24) is 9.78 Å². The lowest BCUT2D eigenvalue weighted by atomic mass is 10.2. The number of methoxy groups -OCH3 is 1. The molecule has 106 valence electrons. The van der Waals surface area contributed by atoms with Crippen molar-refractivity contribution in [3.05, 3.63) is 39.5 Å². The number of rotatable bonds is 6. The Morgan fingerprint density at radius 2 is 2.35 bits per heavy atom. The molecule has 7 heteroatoms. The first-order chi connectivity index (χ1) is 9.61. The number of aromatic nitrogens is 2. The highest BCUT2D eigenvalue weighted by Crippen LogP contribution is 2.22. The van der Waals surface area contributed by atoms with E-state index in [-0.39, 0.29) is 17.5 Å². The topological polar surface area (TPSA) is 81.4 Å². The fourth-order valence-corrected chi connectivity index (χ4v) is 2.44. The minimum atomic E-state index is -1.04. The first-order valence-electron chi connectivity index (χ1n) is 5.97. The van der Waals surface area contributed by atoms with E-state index in [4.69, 9.17) is 9.84 Å². The van der Waals surface area contributed by atoms with Gasteiger partial charge in [-0.25, -0.2) is 4.68 Å². The van der Waals surface area contributed by atoms with Crippen LogP contribution in [0.2, 0.25) is 0 Å². The fourth-order valence-electron chi connectivity index (χ4n) is 1.76. The number of hydrogen-bond acceptors (Lipinski definition) is 5. The van der Waals surface area contributed by atoms with E-state index in [0.717, 1.165) is 4.88 Å². The Morgan fingerprint density at radius 1 is 1.55 bits per heavy atom. The van der Waals surface area contributed by atoms with Crippen molar-refractivity contribution in [3.8, 4) is 10.6 Å². The van der Waals surface area contributed by atoms with E-state index < -0.39 is 5.97 Å². The summed E-state index contributed by atoms with van der Waals surface area (Å²) in [6.45, 7) is 0.633. The Morgan fingerprint density at radius 3 is 2.95 bits per heavy atom. The Kier molecular flexibility index (Phi) is 4.65. The third-order valence-electron chi connectivity index (χ3n) is 2.67. The second kappa shape index (κ2) is 6.44. The number of carboxylic acids is 1. The van der Waals surface area contributed by atoms with Gasteiger partial charge >= 0.3 is 5.97 Å². The molecule has 6 nitrogen and oxygen atoms in total. The molecule has 1 N–H and O–H groups in total. The molecule has 2 aromatic heterocycles. The molecule has 0 unspecified atom stereocenters. The largest absolute Gasteiger partial charge is 0.481 e. The summed E-state index contributed by atoms with van der Waals surface area (Å²) in [5, 5.41) is 15.1. The average molecular weight is 294 g/mol. The molecule has 0 fully saturated rings. The Balaban J connectivity index is 2.48. The first-order valence-corrected chi connectivity index (χ1v) is 6.85. The van der Waals surface area contributed by atoms with Crippen molar-refractivity contribution >= 4 is 17.3 Å². The maximum absolute atomic E-state index is 12.1. The van der Waals surface area contributed by atoms with Gasteiger partial charge < -0.3 is 9.84 Å². The number of ether oxygens (including phenoxy) is 1. The minimum absolute atomic E-state index is 0.229. The van der Waals surface area contributed by atoms with Gasteiger partial charge in [-0.3, -0.25) is 9.59 Å². The van der Waals surface area contributed by atoms with Crippen LogP contribution in [0.3, 0.4) is 0 Å². The molecular weight excluding hydrogens is 280 g/mol. The van der Waals surface area contributed by atoms with E-state index in [2.05, 4.69) is 5.10 Å². The van der Waals surface area contributed by atoms with Gasteiger partial charge in [0.1, 0.15) is 5.69 Å². The van der Waals surface area contributed by atoms with Gasteiger partial charge in [0, 0.05) is 12.7 Å². The number of carboxylic acid groups (broad SMARTS) is 1. The quantitative estimate of drug-likeness (QED) is 0.867. The van der Waals surface area contributed by atoms with Gasteiger partial charge in [0.05, 0.1) is 24.4 Å². The van der Waals surface area contributed by atoms with Gasteiger partial charge in [-0.2, -0.15) is 5.10 Å². The summed E-state index contributed by atoms with van der Waals surface area (Å²) in [6.07, 6.45) is -0.313. The van der Waals surface area contributed by atoms with Crippen LogP contribution in [0.25, 0.3) is 10.6 Å². The van der Waals surface area contributed by atoms with Crippen molar-refractivity contribution in [3.63, 3.8) is 0 Å². The summed E-state index contributed by atoms with van der Waals surface area (Å²) >= 11 is 1.49. The molecule has 20 heavy (non-hydrogen) atoms. The highest BCUT2D eigenvalue weighted by molar-refractivity contribution is 7.13. The zero-order chi connectivity index (χ0) is 14.5. The van der Waals surface area contributed by atoms with Crippen molar-refractivity contribution in [2.45, 2.75) is 13.0 Å². The molecule has 0 saturated heterocycles. The monoisotopic (exact) mass is 294 g/mol. The molecule has 0 aliphatic carbocycles. The van der Waals surface area contributed by atoms with E-state index >= 15 is 0 Å². The number of carbonyl (C=O) groups is 1. The molecule has 0 aliphatic rings. The molecule has 0 radical (unpaired) electrons. The van der Waals surface area contributed by atoms with Gasteiger partial charge in [-0.05, 0) is 17.5 Å². The van der Waals surface area contributed by atoms with Crippen molar-refractivity contribution in [2.24, 2.45) is 0 Å². The van der Waals surface area contributed by atoms with Crippen LogP contribution in [0.5, 0.6) is 0 Å². The molecule has 2 rings (SSSR count). The summed E-state index contributed by atoms with van der Waals surface area (Å²) in [6, 6.07) is 5.30. The lowest BCUT2D eigenvalue weighted by Crippen LogP contribution is -2.29. The van der Waals surface area contributed by atoms with Crippen molar-refractivity contribution in [2.75, 3.05) is 13.7 Å². The molecule has 0 aromatic carbocycles. The zero-order valence-electron chi connectivity index (χ0n) is 10.9. The molecule has 0 spiro atoms. The van der Waals surface area contributed by atoms with Crippen LogP contribution >= 0.6 is 11.3 Å². The van der Waals surface area contributed by atoms with Crippen LogP contribution < -0.4 is 5.56 Å². The zero-order valence-corrected chi connectivity index (χ0v) is 11.7. The Bertz CT molecular complexity index is 649. The first kappa shape index (κ1) is 14.4. The number of aliphatic carboxylic acids is 1. The van der Waals surface area contributed by atoms with Crippen LogP contribution in [0.15, 0.2) is 28.4 Å². The molecule has 2 heterocycles. The third kappa shape index (κ3) is 3.31. The highest BCUT2D eigenvalue weighted by Gasteiger charge is 2.13. The van der Waals surface area contributed by atoms with Crippen LogP contribution in [0, 0.1) is 0 Å². The van der Waals surface area contributed by atoms with E-state index in [1.165, 1.54) is 23.1 Å². The average Bonchev–Trinajstić information content (AvgIpc) is 2.93. The molecule has 2 aromatic rings. The second-order valence-corrected chi connectivity index (χ2v) is 5.07. The van der Waals surface area contributed by atoms with Crippen LogP contribution in [-0.4, -0.2) is 34.6 Å². The SMILES string of the molecule is COCCn1nc(-c2cccs2)cc(CC(=O)O)c1=O. The summed E-state index contributed by atoms with van der Waals surface area (Å²) in [5.41, 5.74) is 0.448. The van der Waals surface area contributed by atoms with E-state index in [1.807, 2.05) is 17.5 Å². The molecule has 0 amide bonds. The number of nitrogens with zero attached hydrogens (tertiary/aromatic N) is 2. The third-order valence-corrected chi connectivity index (χ3v) is 3.56. The second-order valence-electron chi connectivity index (χ2n) is 4.12. The fraction of sp³-hybridized carbons (Fsp3) is 0.308. The van der Waals surface area contributed by atoms with Gasteiger partial charge in [0.25, 0.3) is 5.56 Å². The molecule has 0 atom stereocenters. The van der Waals surface area contributed by atoms with E-state index in [1.54, 1.807) is 6.07 Å². The van der Waals surface area contributed by atoms with Crippen molar-refractivity contribution < 1.29 is 14.6 Å². The molecular formula is C13H14N2O4S. The summed E-state index contributed by atoms with van der Waals surface area (Å²) in [5.74, 6) is -1.04. The minimum Gasteiger partial charge on any atom is -0.481 e. The van der Waals surface area contributed by atoms with Crippen LogP contribution in [-0.2, 0) is 22.5 Å². The lowest BCUT2D eigenvalue weighted by Gasteiger charge is -2.08. The van der Waals surface area contributed by atoms with Gasteiger partial charge in [0.2, 0.25) is 0 Å². The van der Waals surface area contributed by atoms with Gasteiger partial charge in [-0.15, -0.1) is 11.3 Å². The standard InChI is InChI=1S/C13H14N2O4S/c1-19-5-4-15-13(18)9(8-12(16)17)7-10(14-15)11-3-2-6-20-11/h2-3,6-7H,4-5,8H2,1H3,(H,16,17). The molecule has 0 aliphatic heterocycles. The normalized spacial score (nSPS) is 10.7. The molecule has 0 saturated carbocycles. The van der Waals surface area contributed by atoms with Gasteiger partial charge in [-0.1, -0.05) is 6.07 Å². The predicted octanol–water partition coefficient (Wildman–Crippen LogP) is 1.25. The Labute approximate surface area is 119 Å². The summed E-state index contributed by atoms with van der Waals surface area (Å²) < 4.78 is 6.20. The smallest absolute Gasteiger partial charge is 0.308 e. The maximum atomic E-state index is 12.1. The lowest BCUT2D eigenvalue weighted by molar-refractivity contribution is -0.136. The number of hydrogen-bond donors (Lipinski definition) is 1. The van der Waals surface area contributed by atoms with Crippen LogP contribution in [0.1, 0.15) is 5.56 Å². The summed E-state index contributed by atoms with van der Waals surface area (Å²) in [7, 11) is 1.53. The summed E-state index contributed by atoms with van der Waals surface area (Å²) in [4.78, 5) is 23.9. The van der Waals surface area contributed by atoms with Crippen molar-refractivity contribution in [1.29, 1.82) is 0 Å². The number of thiophene rings is 1. The van der Waals surface area contributed by atoms with E-state index in [9.17, 15) is 9.59 Å². The van der Waals surface area contributed by atoms with Crippen LogP contribution in [0.4, 0.5) is 0 Å². The maximum Gasteiger partial charge on any atom is 0.308 e. The predicted molar refractivity (Wildman–Crippen MR) is 75.0 cm³/mol. The highest BCUT2D eigenvalue weighted by atomic mass is 32.1. The van der Waals surface area contributed by atoms with E-state index in [0.29, 0.717) is 18.8 Å². The Hall–Kier alpha value is -1.99. The molecule has 0 bridgehead atoms. The van der Waals surface area contributed by atoms with Gasteiger partial charge in [0.15, 0.2) is 0 Å².